The summed E-state index contributed by atoms with van der Waals surface area (Å²) in [6.45, 7) is 4.26. The minimum Gasteiger partial charge on any atom is -0.508 e. The molecular formula is C23H24O7. The first-order valence-corrected chi connectivity index (χ1v) is 9.56. The van der Waals surface area contributed by atoms with Gasteiger partial charge < -0.3 is 19.3 Å². The highest BCUT2D eigenvalue weighted by atomic mass is 16.5. The smallest absolute Gasteiger partial charge is 0.343 e. The summed E-state index contributed by atoms with van der Waals surface area (Å²) in [6.07, 6.45) is 5.18. The van der Waals surface area contributed by atoms with Crippen LogP contribution in [-0.4, -0.2) is 36.5 Å². The number of aromatic hydroxyl groups is 1. The largest absolute Gasteiger partial charge is 0.508 e. The van der Waals surface area contributed by atoms with Crippen molar-refractivity contribution in [3.63, 3.8) is 0 Å². The third kappa shape index (κ3) is 7.43. The normalized spacial score (nSPS) is 10.1. The summed E-state index contributed by atoms with van der Waals surface area (Å²) in [6, 6.07) is 10.4. The minimum absolute atomic E-state index is 0.0763. The standard InChI is InChI=1S/C23H24O7/c1-2-22(26)29-14-6-4-3-5-13-28-20-10-7-17(8-11-20)23(27)30-21-12-9-19(25)15-18(21)16-24/h2,7-12,15-16,25H,1,3-6,13-14H2. The first-order chi connectivity index (χ1) is 14.5. The molecule has 1 N–H and O–H groups in total. The van der Waals surface area contributed by atoms with Gasteiger partial charge in [0, 0.05) is 6.08 Å². The molecule has 0 amide bonds. The Balaban J connectivity index is 1.72. The van der Waals surface area contributed by atoms with Gasteiger partial charge in [0.15, 0.2) is 6.29 Å². The molecule has 2 aromatic carbocycles. The highest BCUT2D eigenvalue weighted by Gasteiger charge is 2.12. The van der Waals surface area contributed by atoms with Crippen LogP contribution in [0.15, 0.2) is 55.1 Å². The van der Waals surface area contributed by atoms with Crippen LogP contribution in [0.1, 0.15) is 46.4 Å². The third-order valence-corrected chi connectivity index (χ3v) is 4.13. The number of aldehydes is 1. The lowest BCUT2D eigenvalue weighted by molar-refractivity contribution is -0.137. The van der Waals surface area contributed by atoms with Crippen molar-refractivity contribution in [1.29, 1.82) is 0 Å². The molecular weight excluding hydrogens is 388 g/mol. The summed E-state index contributed by atoms with van der Waals surface area (Å²) < 4.78 is 15.8. The van der Waals surface area contributed by atoms with Gasteiger partial charge in [-0.05, 0) is 68.1 Å². The highest BCUT2D eigenvalue weighted by molar-refractivity contribution is 5.92. The maximum Gasteiger partial charge on any atom is 0.343 e. The lowest BCUT2D eigenvalue weighted by Crippen LogP contribution is -2.09. The van der Waals surface area contributed by atoms with Gasteiger partial charge in [0.25, 0.3) is 0 Å². The van der Waals surface area contributed by atoms with Crippen molar-refractivity contribution in [3.8, 4) is 17.2 Å². The second-order valence-electron chi connectivity index (χ2n) is 6.39. The molecule has 0 saturated carbocycles. The lowest BCUT2D eigenvalue weighted by Gasteiger charge is -2.09. The number of hydrogen-bond donors (Lipinski definition) is 1. The van der Waals surface area contributed by atoms with Gasteiger partial charge in [-0.1, -0.05) is 6.58 Å². The van der Waals surface area contributed by atoms with Gasteiger partial charge in [-0.15, -0.1) is 0 Å². The molecule has 0 fully saturated rings. The molecule has 7 nitrogen and oxygen atoms in total. The molecule has 0 aliphatic carbocycles. The summed E-state index contributed by atoms with van der Waals surface area (Å²) in [5.41, 5.74) is 0.392. The van der Waals surface area contributed by atoms with Gasteiger partial charge in [-0.2, -0.15) is 0 Å². The average molecular weight is 412 g/mol. The highest BCUT2D eigenvalue weighted by Crippen LogP contribution is 2.23. The fourth-order valence-corrected chi connectivity index (χ4v) is 2.55. The Kier molecular flexibility index (Phi) is 9.12. The van der Waals surface area contributed by atoms with E-state index in [1.54, 1.807) is 24.3 Å². The van der Waals surface area contributed by atoms with E-state index in [-0.39, 0.29) is 17.1 Å². The summed E-state index contributed by atoms with van der Waals surface area (Å²) in [4.78, 5) is 34.2. The van der Waals surface area contributed by atoms with Crippen molar-refractivity contribution < 1.29 is 33.7 Å². The quantitative estimate of drug-likeness (QED) is 0.184. The molecule has 0 aliphatic rings. The summed E-state index contributed by atoms with van der Waals surface area (Å²) in [5, 5.41) is 9.39. The molecule has 0 bridgehead atoms. The molecule has 0 unspecified atom stereocenters. The van der Waals surface area contributed by atoms with Crippen LogP contribution in [0.5, 0.6) is 17.2 Å². The van der Waals surface area contributed by atoms with Crippen LogP contribution in [0.25, 0.3) is 0 Å². The van der Waals surface area contributed by atoms with Gasteiger partial charge >= 0.3 is 11.9 Å². The zero-order chi connectivity index (χ0) is 21.8. The van der Waals surface area contributed by atoms with Crippen LogP contribution in [0.3, 0.4) is 0 Å². The number of carbonyl (C=O) groups is 3. The first-order valence-electron chi connectivity index (χ1n) is 9.56. The Hall–Kier alpha value is -3.61. The van der Waals surface area contributed by atoms with Crippen LogP contribution in [0, 0.1) is 0 Å². The van der Waals surface area contributed by atoms with Crippen molar-refractivity contribution in [2.45, 2.75) is 25.7 Å². The van der Waals surface area contributed by atoms with Crippen LogP contribution in [0.2, 0.25) is 0 Å². The average Bonchev–Trinajstić information content (AvgIpc) is 2.76. The number of esters is 2. The Bertz CT molecular complexity index is 872. The van der Waals surface area contributed by atoms with E-state index in [0.29, 0.717) is 30.8 Å². The Labute approximate surface area is 174 Å². The Morgan fingerprint density at radius 1 is 0.967 bits per heavy atom. The number of phenols is 1. The van der Waals surface area contributed by atoms with E-state index in [2.05, 4.69) is 6.58 Å². The van der Waals surface area contributed by atoms with Crippen LogP contribution >= 0.6 is 0 Å². The topological polar surface area (TPSA) is 99.1 Å². The molecule has 7 heteroatoms. The van der Waals surface area contributed by atoms with Gasteiger partial charge in [0.05, 0.1) is 24.3 Å². The zero-order valence-electron chi connectivity index (χ0n) is 16.5. The van der Waals surface area contributed by atoms with E-state index in [1.165, 1.54) is 18.2 Å². The summed E-state index contributed by atoms with van der Waals surface area (Å²) in [7, 11) is 0. The SMILES string of the molecule is C=CC(=O)OCCCCCCOc1ccc(C(=O)Oc2ccc(O)cc2C=O)cc1. The first kappa shape index (κ1) is 22.7. The maximum absolute atomic E-state index is 12.2. The van der Waals surface area contributed by atoms with Crippen LogP contribution in [-0.2, 0) is 9.53 Å². The molecule has 2 aromatic rings. The fourth-order valence-electron chi connectivity index (χ4n) is 2.55. The molecule has 0 heterocycles. The molecule has 0 radical (unpaired) electrons. The predicted molar refractivity (Wildman–Crippen MR) is 110 cm³/mol. The van der Waals surface area contributed by atoms with Crippen molar-refractivity contribution in [1.82, 2.24) is 0 Å². The van der Waals surface area contributed by atoms with Crippen LogP contribution < -0.4 is 9.47 Å². The number of carbonyl (C=O) groups excluding carboxylic acids is 3. The minimum atomic E-state index is -0.618. The number of benzene rings is 2. The van der Waals surface area contributed by atoms with E-state index in [1.807, 2.05) is 0 Å². The number of hydrogen-bond acceptors (Lipinski definition) is 7. The number of rotatable bonds is 12. The second-order valence-corrected chi connectivity index (χ2v) is 6.39. The summed E-state index contributed by atoms with van der Waals surface area (Å²) in [5.74, 6) is -0.406. The van der Waals surface area contributed by atoms with Gasteiger partial charge in [-0.3, -0.25) is 4.79 Å². The molecule has 0 spiro atoms. The van der Waals surface area contributed by atoms with Crippen molar-refractivity contribution in [3.05, 3.63) is 66.2 Å². The molecule has 158 valence electrons. The molecule has 2 rings (SSSR count). The van der Waals surface area contributed by atoms with Crippen molar-refractivity contribution in [2.24, 2.45) is 0 Å². The molecule has 0 atom stereocenters. The van der Waals surface area contributed by atoms with E-state index < -0.39 is 11.9 Å². The molecule has 0 saturated heterocycles. The Morgan fingerprint density at radius 3 is 2.33 bits per heavy atom. The monoisotopic (exact) mass is 412 g/mol. The van der Waals surface area contributed by atoms with E-state index in [4.69, 9.17) is 14.2 Å². The second kappa shape index (κ2) is 12.1. The molecule has 30 heavy (non-hydrogen) atoms. The van der Waals surface area contributed by atoms with E-state index >= 15 is 0 Å². The predicted octanol–water partition coefficient (Wildman–Crippen LogP) is 4.09. The van der Waals surface area contributed by atoms with Crippen molar-refractivity contribution in [2.75, 3.05) is 13.2 Å². The van der Waals surface area contributed by atoms with E-state index in [9.17, 15) is 19.5 Å². The summed E-state index contributed by atoms with van der Waals surface area (Å²) >= 11 is 0. The zero-order valence-corrected chi connectivity index (χ0v) is 16.5. The number of phenolic OH excluding ortho intramolecular Hbond substituents is 1. The maximum atomic E-state index is 12.2. The van der Waals surface area contributed by atoms with Crippen molar-refractivity contribution >= 4 is 18.2 Å². The Morgan fingerprint density at radius 2 is 1.67 bits per heavy atom. The third-order valence-electron chi connectivity index (χ3n) is 4.13. The number of unbranched alkanes of at least 4 members (excludes halogenated alkanes) is 3. The molecule has 0 aliphatic heterocycles. The van der Waals surface area contributed by atoms with E-state index in [0.717, 1.165) is 31.8 Å². The van der Waals surface area contributed by atoms with Crippen LogP contribution in [0.4, 0.5) is 0 Å². The van der Waals surface area contributed by atoms with Gasteiger partial charge in [0.1, 0.15) is 17.2 Å². The van der Waals surface area contributed by atoms with Gasteiger partial charge in [-0.25, -0.2) is 9.59 Å². The number of ether oxygens (including phenoxy) is 3. The van der Waals surface area contributed by atoms with Gasteiger partial charge in [0.2, 0.25) is 0 Å². The lowest BCUT2D eigenvalue weighted by atomic mass is 10.2. The fraction of sp³-hybridized carbons (Fsp3) is 0.261. The molecule has 0 aromatic heterocycles.